The van der Waals surface area contributed by atoms with Gasteiger partial charge in [0, 0.05) is 18.6 Å². The fourth-order valence-corrected chi connectivity index (χ4v) is 8.30. The number of amides is 1. The molecule has 216 valence electrons. The lowest BCUT2D eigenvalue weighted by Crippen LogP contribution is -2.63. The number of esters is 1. The van der Waals surface area contributed by atoms with Crippen molar-refractivity contribution in [2.45, 2.75) is 76.5 Å². The Hall–Kier alpha value is -2.98. The standard InChI is InChI=1S/C23H29F3N2O9SSi/c1-5-39(6-2,7-3)37-14(4)19-17-12-18(36-38(33,34)23(24,25)26)20(27(17)21(19)29)22(30)35-13-15-8-10-16(11-9-15)28(31)32/h8-11,14,17,19H,5-7,12-13H2,1-4H3/t14-,17-,19-/m1/s1. The maximum absolute atomic E-state index is 13.2. The summed E-state index contributed by atoms with van der Waals surface area (Å²) in [5.74, 6) is -3.57. The van der Waals surface area contributed by atoms with Crippen molar-refractivity contribution in [3.63, 3.8) is 0 Å². The second-order valence-corrected chi connectivity index (χ2v) is 15.6. The summed E-state index contributed by atoms with van der Waals surface area (Å²) in [6.07, 6.45) is -1.08. The largest absolute Gasteiger partial charge is 0.534 e. The van der Waals surface area contributed by atoms with Crippen LogP contribution in [0, 0.1) is 16.0 Å². The molecule has 1 amide bonds. The summed E-state index contributed by atoms with van der Waals surface area (Å²) in [5.41, 5.74) is -6.40. The van der Waals surface area contributed by atoms with E-state index >= 15 is 0 Å². The molecule has 11 nitrogen and oxygen atoms in total. The third-order valence-corrected chi connectivity index (χ3v) is 13.0. The van der Waals surface area contributed by atoms with E-state index in [4.69, 9.17) is 9.16 Å². The first-order chi connectivity index (χ1) is 18.1. The van der Waals surface area contributed by atoms with E-state index in [1.807, 2.05) is 20.8 Å². The van der Waals surface area contributed by atoms with Gasteiger partial charge in [-0.1, -0.05) is 20.8 Å². The second kappa shape index (κ2) is 11.2. The van der Waals surface area contributed by atoms with Crippen molar-refractivity contribution in [2.24, 2.45) is 5.92 Å². The van der Waals surface area contributed by atoms with E-state index in [0.717, 1.165) is 35.2 Å². The molecule has 0 N–H and O–H groups in total. The van der Waals surface area contributed by atoms with Crippen LogP contribution in [0.3, 0.4) is 0 Å². The maximum Gasteiger partial charge on any atom is 0.534 e. The summed E-state index contributed by atoms with van der Waals surface area (Å²) in [6.45, 7) is 7.20. The molecule has 0 aromatic heterocycles. The van der Waals surface area contributed by atoms with Crippen LogP contribution in [-0.4, -0.2) is 56.1 Å². The zero-order valence-corrected chi connectivity index (χ0v) is 23.5. The molecule has 0 saturated carbocycles. The Bertz CT molecular complexity index is 1260. The third kappa shape index (κ3) is 5.96. The summed E-state index contributed by atoms with van der Waals surface area (Å²) < 4.78 is 78.6. The zero-order chi connectivity index (χ0) is 29.3. The first-order valence-corrected chi connectivity index (χ1v) is 16.2. The molecular formula is C23H29F3N2O9SSi. The van der Waals surface area contributed by atoms with Gasteiger partial charge in [0.15, 0.2) is 19.8 Å². The zero-order valence-electron chi connectivity index (χ0n) is 21.7. The number of nitro groups is 1. The number of non-ortho nitro benzene ring substituents is 1. The number of benzene rings is 1. The lowest BCUT2D eigenvalue weighted by Gasteiger charge is -2.47. The Morgan fingerprint density at radius 1 is 1.18 bits per heavy atom. The number of carbonyl (C=O) groups excluding carboxylic acids is 2. The number of halogens is 3. The second-order valence-electron chi connectivity index (χ2n) is 9.33. The molecular weight excluding hydrogens is 565 g/mol. The Kier molecular flexibility index (Phi) is 8.81. The highest BCUT2D eigenvalue weighted by molar-refractivity contribution is 7.87. The van der Waals surface area contributed by atoms with Crippen molar-refractivity contribution in [2.75, 3.05) is 0 Å². The number of hydrogen-bond donors (Lipinski definition) is 0. The summed E-state index contributed by atoms with van der Waals surface area (Å²) >= 11 is 0. The molecule has 16 heteroatoms. The minimum atomic E-state index is -6.13. The first-order valence-electron chi connectivity index (χ1n) is 12.3. The number of ether oxygens (including phenoxy) is 1. The molecule has 0 spiro atoms. The molecule has 0 bridgehead atoms. The van der Waals surface area contributed by atoms with Gasteiger partial charge in [0.25, 0.3) is 5.69 Å². The van der Waals surface area contributed by atoms with Crippen molar-refractivity contribution >= 4 is 36.0 Å². The topological polar surface area (TPSA) is 142 Å². The number of nitrogens with zero attached hydrogens (tertiary/aromatic N) is 2. The van der Waals surface area contributed by atoms with Gasteiger partial charge >= 0.3 is 21.6 Å². The first kappa shape index (κ1) is 30.6. The molecule has 39 heavy (non-hydrogen) atoms. The average Bonchev–Trinajstić information content (AvgIpc) is 3.18. The van der Waals surface area contributed by atoms with Crippen molar-refractivity contribution in [1.29, 1.82) is 0 Å². The highest BCUT2D eigenvalue weighted by atomic mass is 32.2. The highest BCUT2D eigenvalue weighted by Crippen LogP contribution is 2.47. The molecule has 1 saturated heterocycles. The highest BCUT2D eigenvalue weighted by Gasteiger charge is 2.60. The number of rotatable bonds is 12. The van der Waals surface area contributed by atoms with Crippen LogP contribution in [0.5, 0.6) is 0 Å². The molecule has 2 heterocycles. The van der Waals surface area contributed by atoms with Crippen LogP contribution in [0.2, 0.25) is 18.1 Å². The van der Waals surface area contributed by atoms with Crippen LogP contribution in [-0.2, 0) is 39.7 Å². The monoisotopic (exact) mass is 594 g/mol. The van der Waals surface area contributed by atoms with E-state index in [1.165, 1.54) is 12.1 Å². The van der Waals surface area contributed by atoms with Crippen LogP contribution < -0.4 is 0 Å². The predicted octanol–water partition coefficient (Wildman–Crippen LogP) is 4.36. The minimum absolute atomic E-state index is 0.214. The number of fused-ring (bicyclic) bond motifs is 1. The smallest absolute Gasteiger partial charge is 0.456 e. The van der Waals surface area contributed by atoms with E-state index in [1.54, 1.807) is 6.92 Å². The fraction of sp³-hybridized carbons (Fsp3) is 0.565. The van der Waals surface area contributed by atoms with E-state index in [9.17, 15) is 41.3 Å². The van der Waals surface area contributed by atoms with Gasteiger partial charge in [0.1, 0.15) is 6.61 Å². The van der Waals surface area contributed by atoms with Gasteiger partial charge in [0.05, 0.1) is 23.0 Å². The van der Waals surface area contributed by atoms with Crippen LogP contribution in [0.15, 0.2) is 35.7 Å². The SMILES string of the molecule is CC[Si](CC)(CC)O[C@H](C)[C@H]1C(=O)N2C(C(=O)OCc3ccc([N+](=O)[O-])cc3)=C(OS(=O)(=O)C(F)(F)F)C[C@H]12. The molecule has 1 fully saturated rings. The van der Waals surface area contributed by atoms with Crippen LogP contribution in [0.1, 0.15) is 39.7 Å². The van der Waals surface area contributed by atoms with Gasteiger partial charge in [-0.25, -0.2) is 4.79 Å². The summed E-state index contributed by atoms with van der Waals surface area (Å²) in [4.78, 5) is 37.2. The van der Waals surface area contributed by atoms with Crippen LogP contribution >= 0.6 is 0 Å². The number of hydrogen-bond acceptors (Lipinski definition) is 9. The Morgan fingerprint density at radius 2 is 1.74 bits per heavy atom. The molecule has 2 aliphatic rings. The lowest BCUT2D eigenvalue weighted by atomic mass is 9.83. The minimum Gasteiger partial charge on any atom is -0.456 e. The number of β-lactam (4-membered cyclic amide) rings is 1. The van der Waals surface area contributed by atoms with Crippen LogP contribution in [0.25, 0.3) is 0 Å². The van der Waals surface area contributed by atoms with Crippen molar-refractivity contribution in [3.05, 3.63) is 51.4 Å². The Labute approximate surface area is 224 Å². The maximum atomic E-state index is 13.2. The van der Waals surface area contributed by atoms with Crippen molar-refractivity contribution in [3.8, 4) is 0 Å². The van der Waals surface area contributed by atoms with Gasteiger partial charge in [-0.15, -0.1) is 0 Å². The van der Waals surface area contributed by atoms with Crippen LogP contribution in [0.4, 0.5) is 18.9 Å². The predicted molar refractivity (Wildman–Crippen MR) is 132 cm³/mol. The molecule has 0 radical (unpaired) electrons. The van der Waals surface area contributed by atoms with Crippen molar-refractivity contribution in [1.82, 2.24) is 4.90 Å². The Balaban J connectivity index is 1.86. The molecule has 3 atom stereocenters. The molecule has 0 aliphatic carbocycles. The summed E-state index contributed by atoms with van der Waals surface area (Å²) in [5, 5.41) is 10.8. The van der Waals surface area contributed by atoms with Gasteiger partial charge < -0.3 is 13.3 Å². The number of alkyl halides is 3. The van der Waals surface area contributed by atoms with Gasteiger partial charge in [-0.2, -0.15) is 21.6 Å². The summed E-state index contributed by atoms with van der Waals surface area (Å²) in [7, 11) is -8.31. The molecule has 3 rings (SSSR count). The van der Waals surface area contributed by atoms with E-state index < -0.39 is 83.3 Å². The molecule has 1 aromatic carbocycles. The number of carbonyl (C=O) groups is 2. The third-order valence-electron chi connectivity index (χ3n) is 7.25. The fourth-order valence-electron chi connectivity index (χ4n) is 4.86. The quantitative estimate of drug-likeness (QED) is 0.0656. The van der Waals surface area contributed by atoms with E-state index in [0.29, 0.717) is 5.56 Å². The van der Waals surface area contributed by atoms with E-state index in [2.05, 4.69) is 4.18 Å². The summed E-state index contributed by atoms with van der Waals surface area (Å²) in [6, 6.07) is 6.44. The average molecular weight is 595 g/mol. The number of nitro benzene ring substituents is 1. The molecule has 1 aromatic rings. The van der Waals surface area contributed by atoms with Gasteiger partial charge in [-0.3, -0.25) is 19.8 Å². The van der Waals surface area contributed by atoms with E-state index in [-0.39, 0.29) is 5.69 Å². The molecule has 2 aliphatic heterocycles. The molecule has 0 unspecified atom stereocenters. The normalized spacial score (nSPS) is 20.4. The van der Waals surface area contributed by atoms with Gasteiger partial charge in [-0.05, 0) is 42.8 Å². The van der Waals surface area contributed by atoms with Gasteiger partial charge in [0.2, 0.25) is 5.91 Å². The Morgan fingerprint density at radius 3 is 2.23 bits per heavy atom. The lowest BCUT2D eigenvalue weighted by molar-refractivity contribution is -0.384. The van der Waals surface area contributed by atoms with Crippen molar-refractivity contribution < 1.29 is 49.4 Å².